The molecule has 15 heavy (non-hydrogen) atoms. The van der Waals surface area contributed by atoms with E-state index in [-0.39, 0.29) is 5.84 Å². The van der Waals surface area contributed by atoms with E-state index in [4.69, 9.17) is 16.6 Å². The molecule has 0 bridgehead atoms. The van der Waals surface area contributed by atoms with Gasteiger partial charge in [-0.2, -0.15) is 4.99 Å². The second-order valence-electron chi connectivity index (χ2n) is 3.02. The van der Waals surface area contributed by atoms with Crippen LogP contribution in [-0.2, 0) is 6.42 Å². The van der Waals surface area contributed by atoms with Gasteiger partial charge in [0, 0.05) is 5.56 Å². The molecule has 0 atom stereocenters. The molecule has 0 aliphatic rings. The van der Waals surface area contributed by atoms with Gasteiger partial charge in [-0.3, -0.25) is 0 Å². The first-order valence-corrected chi connectivity index (χ1v) is 4.50. The van der Waals surface area contributed by atoms with Gasteiger partial charge in [0.05, 0.1) is 0 Å². The lowest BCUT2D eigenvalue weighted by atomic mass is 10.1. The fraction of sp³-hybridized carbons (Fsp3) is 0.200. The zero-order valence-electron chi connectivity index (χ0n) is 8.18. The molecule has 1 amide bonds. The maximum absolute atomic E-state index is 10.3. The molecule has 5 nitrogen and oxygen atoms in total. The van der Waals surface area contributed by atoms with E-state index in [0.29, 0.717) is 12.1 Å². The highest BCUT2D eigenvalue weighted by molar-refractivity contribution is 6.02. The fourth-order valence-electron chi connectivity index (χ4n) is 1.18. The van der Waals surface area contributed by atoms with Crippen molar-refractivity contribution in [3.8, 4) is 0 Å². The maximum atomic E-state index is 10.3. The fourth-order valence-corrected chi connectivity index (χ4v) is 1.18. The van der Waals surface area contributed by atoms with Gasteiger partial charge in [-0.25, -0.2) is 4.79 Å². The first-order valence-electron chi connectivity index (χ1n) is 4.50. The first-order chi connectivity index (χ1) is 7.13. The van der Waals surface area contributed by atoms with Crippen molar-refractivity contribution in [3.63, 3.8) is 0 Å². The van der Waals surface area contributed by atoms with Crippen molar-refractivity contribution in [2.75, 3.05) is 6.54 Å². The summed E-state index contributed by atoms with van der Waals surface area (Å²) in [5, 5.41) is 8.40. The molecule has 0 aliphatic carbocycles. The summed E-state index contributed by atoms with van der Waals surface area (Å²) < 4.78 is 0. The van der Waals surface area contributed by atoms with Crippen molar-refractivity contribution in [1.82, 2.24) is 0 Å². The average molecular weight is 207 g/mol. The number of rotatable bonds is 3. The van der Waals surface area contributed by atoms with Crippen molar-refractivity contribution >= 4 is 11.9 Å². The lowest BCUT2D eigenvalue weighted by Gasteiger charge is -2.01. The molecule has 0 aliphatic heterocycles. The Kier molecular flexibility index (Phi) is 3.82. The van der Waals surface area contributed by atoms with E-state index in [1.54, 1.807) is 12.1 Å². The molecular weight excluding hydrogens is 194 g/mol. The van der Waals surface area contributed by atoms with Crippen LogP contribution < -0.4 is 11.5 Å². The third-order valence-electron chi connectivity index (χ3n) is 1.90. The van der Waals surface area contributed by atoms with Gasteiger partial charge in [0.1, 0.15) is 5.84 Å². The van der Waals surface area contributed by atoms with Gasteiger partial charge in [-0.1, -0.05) is 24.3 Å². The second kappa shape index (κ2) is 5.11. The number of amidine groups is 1. The molecule has 0 unspecified atom stereocenters. The first kappa shape index (κ1) is 11.2. The smallest absolute Gasteiger partial charge is 0.433 e. The molecular formula is C10H13N3O2. The molecule has 1 aromatic carbocycles. The minimum absolute atomic E-state index is 0.00167. The lowest BCUT2D eigenvalue weighted by Crippen LogP contribution is -2.15. The molecule has 0 aromatic heterocycles. The van der Waals surface area contributed by atoms with E-state index in [2.05, 4.69) is 4.99 Å². The van der Waals surface area contributed by atoms with Gasteiger partial charge >= 0.3 is 6.09 Å². The van der Waals surface area contributed by atoms with Crippen LogP contribution in [0.4, 0.5) is 4.79 Å². The average Bonchev–Trinajstić information content (AvgIpc) is 2.18. The Hall–Kier alpha value is -1.88. The molecule has 1 rings (SSSR count). The van der Waals surface area contributed by atoms with Crippen LogP contribution in [0.25, 0.3) is 0 Å². The van der Waals surface area contributed by atoms with Crippen molar-refractivity contribution < 1.29 is 9.90 Å². The molecule has 5 N–H and O–H groups in total. The Morgan fingerprint density at radius 2 is 1.93 bits per heavy atom. The number of amides is 1. The Morgan fingerprint density at radius 1 is 1.33 bits per heavy atom. The van der Waals surface area contributed by atoms with Crippen LogP contribution in [0.1, 0.15) is 11.1 Å². The van der Waals surface area contributed by atoms with E-state index in [1.165, 1.54) is 0 Å². The standard InChI is InChI=1S/C10H13N3O2/c11-6-5-7-1-3-8(4-2-7)9(12)13-10(14)15/h1-4H,5-6,11H2,(H2,12,13)(H,14,15). The minimum Gasteiger partial charge on any atom is -0.463 e. The predicted molar refractivity (Wildman–Crippen MR) is 57.9 cm³/mol. The number of hydrogen-bond acceptors (Lipinski definition) is 2. The quantitative estimate of drug-likeness (QED) is 0.498. The zero-order valence-corrected chi connectivity index (χ0v) is 8.18. The summed E-state index contributed by atoms with van der Waals surface area (Å²) in [5.74, 6) is 0.00167. The molecule has 80 valence electrons. The van der Waals surface area contributed by atoms with Crippen LogP contribution in [0, 0.1) is 0 Å². The van der Waals surface area contributed by atoms with Gasteiger partial charge in [-0.05, 0) is 18.5 Å². The van der Waals surface area contributed by atoms with Crippen LogP contribution in [-0.4, -0.2) is 23.6 Å². The maximum Gasteiger partial charge on any atom is 0.433 e. The highest BCUT2D eigenvalue weighted by Crippen LogP contribution is 2.04. The van der Waals surface area contributed by atoms with E-state index < -0.39 is 6.09 Å². The Bertz CT molecular complexity index is 371. The van der Waals surface area contributed by atoms with Crippen LogP contribution in [0.5, 0.6) is 0 Å². The monoisotopic (exact) mass is 207 g/mol. The molecule has 0 saturated carbocycles. The summed E-state index contributed by atoms with van der Waals surface area (Å²) in [6.45, 7) is 0.581. The summed E-state index contributed by atoms with van der Waals surface area (Å²) in [4.78, 5) is 13.5. The van der Waals surface area contributed by atoms with Crippen molar-refractivity contribution in [2.45, 2.75) is 6.42 Å². The molecule has 0 radical (unpaired) electrons. The number of hydrogen-bond donors (Lipinski definition) is 3. The van der Waals surface area contributed by atoms with Gasteiger partial charge in [0.15, 0.2) is 0 Å². The van der Waals surface area contributed by atoms with Gasteiger partial charge < -0.3 is 16.6 Å². The molecule has 5 heteroatoms. The van der Waals surface area contributed by atoms with E-state index in [0.717, 1.165) is 12.0 Å². The Morgan fingerprint density at radius 3 is 2.40 bits per heavy atom. The van der Waals surface area contributed by atoms with Gasteiger partial charge in [0.2, 0.25) is 0 Å². The summed E-state index contributed by atoms with van der Waals surface area (Å²) >= 11 is 0. The number of aliphatic imine (C=N–C) groups is 1. The van der Waals surface area contributed by atoms with Gasteiger partial charge in [0.25, 0.3) is 0 Å². The highest BCUT2D eigenvalue weighted by Gasteiger charge is 2.00. The lowest BCUT2D eigenvalue weighted by molar-refractivity contribution is 0.205. The highest BCUT2D eigenvalue weighted by atomic mass is 16.4. The number of nitrogens with two attached hydrogens (primary N) is 2. The normalized spacial score (nSPS) is 11.4. The summed E-state index contributed by atoms with van der Waals surface area (Å²) in [6, 6.07) is 7.17. The number of carboxylic acid groups (broad SMARTS) is 1. The van der Waals surface area contributed by atoms with Crippen LogP contribution in [0.2, 0.25) is 0 Å². The topological polar surface area (TPSA) is 102 Å². The summed E-state index contributed by atoms with van der Waals surface area (Å²) in [7, 11) is 0. The van der Waals surface area contributed by atoms with Crippen LogP contribution in [0.15, 0.2) is 29.3 Å². The zero-order chi connectivity index (χ0) is 11.3. The molecule has 0 heterocycles. The largest absolute Gasteiger partial charge is 0.463 e. The molecule has 0 spiro atoms. The molecule has 1 aromatic rings. The molecule has 0 fully saturated rings. The number of benzene rings is 1. The Labute approximate surface area is 87.4 Å². The second-order valence-corrected chi connectivity index (χ2v) is 3.02. The van der Waals surface area contributed by atoms with E-state index in [1.807, 2.05) is 12.1 Å². The summed E-state index contributed by atoms with van der Waals surface area (Å²) in [6.07, 6.45) is -0.505. The summed E-state index contributed by atoms with van der Waals surface area (Å²) in [5.41, 5.74) is 12.5. The van der Waals surface area contributed by atoms with E-state index >= 15 is 0 Å². The third kappa shape index (κ3) is 3.40. The number of nitrogens with zero attached hydrogens (tertiary/aromatic N) is 1. The van der Waals surface area contributed by atoms with Gasteiger partial charge in [-0.15, -0.1) is 0 Å². The third-order valence-corrected chi connectivity index (χ3v) is 1.90. The van der Waals surface area contributed by atoms with E-state index in [9.17, 15) is 4.79 Å². The minimum atomic E-state index is -1.29. The number of carbonyl (C=O) groups is 1. The van der Waals surface area contributed by atoms with Crippen molar-refractivity contribution in [1.29, 1.82) is 0 Å². The molecule has 0 saturated heterocycles. The van der Waals surface area contributed by atoms with Crippen LogP contribution >= 0.6 is 0 Å². The van der Waals surface area contributed by atoms with Crippen LogP contribution in [0.3, 0.4) is 0 Å². The van der Waals surface area contributed by atoms with Crippen molar-refractivity contribution in [2.24, 2.45) is 16.5 Å². The van der Waals surface area contributed by atoms with Crippen molar-refractivity contribution in [3.05, 3.63) is 35.4 Å². The SMILES string of the molecule is NCCc1ccc(C(N)=NC(=O)O)cc1. The predicted octanol–water partition coefficient (Wildman–Crippen LogP) is 0.571. The Balaban J connectivity index is 2.84.